The minimum atomic E-state index is -0.801. The fourth-order valence-corrected chi connectivity index (χ4v) is 4.73. The van der Waals surface area contributed by atoms with Gasteiger partial charge in [-0.15, -0.1) is 0 Å². The van der Waals surface area contributed by atoms with Gasteiger partial charge in [-0.25, -0.2) is 4.79 Å². The zero-order valence-electron chi connectivity index (χ0n) is 23.4. The Hall–Kier alpha value is -4.23. The summed E-state index contributed by atoms with van der Waals surface area (Å²) in [6, 6.07) is 23.5. The van der Waals surface area contributed by atoms with E-state index in [4.69, 9.17) is 21.1 Å². The average Bonchev–Trinajstić information content (AvgIpc) is 3.24. The van der Waals surface area contributed by atoms with E-state index in [9.17, 15) is 9.59 Å². The molecule has 0 bridgehead atoms. The summed E-state index contributed by atoms with van der Waals surface area (Å²) in [7, 11) is 0. The second-order valence-electron chi connectivity index (χ2n) is 9.85. The molecular weight excluding hydrogens is 526 g/mol. The smallest absolute Gasteiger partial charge is 0.323 e. The highest BCUT2D eigenvalue weighted by Crippen LogP contribution is 2.36. The number of benzene rings is 3. The van der Waals surface area contributed by atoms with Crippen molar-refractivity contribution < 1.29 is 19.1 Å². The largest absolute Gasteiger partial charge is 0.465 e. The number of halogens is 1. The molecule has 40 heavy (non-hydrogen) atoms. The van der Waals surface area contributed by atoms with Gasteiger partial charge in [0, 0.05) is 17.4 Å². The van der Waals surface area contributed by atoms with Crippen molar-refractivity contribution >= 4 is 35.0 Å². The number of esters is 1. The summed E-state index contributed by atoms with van der Waals surface area (Å²) in [6.45, 7) is 9.84. The molecule has 0 aliphatic rings. The van der Waals surface area contributed by atoms with Crippen LogP contribution in [0.25, 0.3) is 5.69 Å². The predicted molar refractivity (Wildman–Crippen MR) is 160 cm³/mol. The maximum atomic E-state index is 12.9. The molecule has 0 fully saturated rings. The van der Waals surface area contributed by atoms with Gasteiger partial charge in [0.2, 0.25) is 5.88 Å². The van der Waals surface area contributed by atoms with Gasteiger partial charge in [0.1, 0.15) is 0 Å². The molecule has 8 heteroatoms. The number of ether oxygens (including phenoxy) is 2. The normalized spacial score (nSPS) is 11.2. The summed E-state index contributed by atoms with van der Waals surface area (Å²) in [5.74, 6) is 0.779. The third-order valence-corrected chi connectivity index (χ3v) is 7.03. The van der Waals surface area contributed by atoms with E-state index >= 15 is 0 Å². The number of urea groups is 1. The van der Waals surface area contributed by atoms with E-state index in [2.05, 4.69) is 17.6 Å². The minimum absolute atomic E-state index is 0.299. The molecule has 0 aliphatic heterocycles. The maximum absolute atomic E-state index is 12.9. The summed E-state index contributed by atoms with van der Waals surface area (Å²) in [6.07, 6.45) is 0.790. The first-order chi connectivity index (χ1) is 19.1. The molecule has 7 nitrogen and oxygen atoms in total. The number of anilines is 2. The van der Waals surface area contributed by atoms with E-state index in [1.54, 1.807) is 43.3 Å². The van der Waals surface area contributed by atoms with Crippen LogP contribution in [0.15, 0.2) is 78.9 Å². The van der Waals surface area contributed by atoms with Crippen molar-refractivity contribution in [2.45, 2.75) is 46.5 Å². The number of nitrogens with one attached hydrogen (secondary N) is 2. The molecule has 3 aromatic carbocycles. The van der Waals surface area contributed by atoms with Gasteiger partial charge in [-0.3, -0.25) is 9.36 Å². The van der Waals surface area contributed by atoms with Gasteiger partial charge >= 0.3 is 12.0 Å². The van der Waals surface area contributed by atoms with Gasteiger partial charge in [-0.2, -0.15) is 0 Å². The van der Waals surface area contributed by atoms with Crippen LogP contribution in [0.1, 0.15) is 44.5 Å². The monoisotopic (exact) mass is 559 g/mol. The van der Waals surface area contributed by atoms with Crippen molar-refractivity contribution in [2.75, 3.05) is 17.2 Å². The number of amides is 2. The van der Waals surface area contributed by atoms with Crippen LogP contribution in [0.2, 0.25) is 5.02 Å². The number of rotatable bonds is 9. The standard InChI is InChI=1S/C32H34ClN3O4/c1-6-26-21(3)20-29(36(26)27-14-10-8-12-24(27)33)40-28-15-11-9-13-25(28)35-31(38)34-23-18-16-22(17-19-23)32(4,5)30(37)39-7-2/h8-20H,6-7H2,1-5H3,(H2,34,35,38). The highest BCUT2D eigenvalue weighted by atomic mass is 35.5. The third kappa shape index (κ3) is 6.15. The van der Waals surface area contributed by atoms with Crippen molar-refractivity contribution in [3.8, 4) is 17.3 Å². The van der Waals surface area contributed by atoms with Crippen molar-refractivity contribution in [1.82, 2.24) is 4.57 Å². The summed E-state index contributed by atoms with van der Waals surface area (Å²) in [4.78, 5) is 25.3. The Bertz CT molecular complexity index is 1510. The molecule has 208 valence electrons. The number of nitrogens with zero attached hydrogens (tertiary/aromatic N) is 1. The number of aromatic nitrogens is 1. The van der Waals surface area contributed by atoms with Crippen molar-refractivity contribution in [1.29, 1.82) is 0 Å². The lowest BCUT2D eigenvalue weighted by Gasteiger charge is -2.23. The lowest BCUT2D eigenvalue weighted by molar-refractivity contribution is -0.148. The molecule has 0 saturated heterocycles. The Kier molecular flexibility index (Phi) is 8.85. The summed E-state index contributed by atoms with van der Waals surface area (Å²) in [5.41, 5.74) is 4.06. The number of carbonyl (C=O) groups excluding carboxylic acids is 2. The van der Waals surface area contributed by atoms with Crippen LogP contribution >= 0.6 is 11.6 Å². The van der Waals surface area contributed by atoms with E-state index in [1.165, 1.54) is 0 Å². The van der Waals surface area contributed by atoms with Gasteiger partial charge in [0.15, 0.2) is 5.75 Å². The quantitative estimate of drug-likeness (QED) is 0.202. The summed E-state index contributed by atoms with van der Waals surface area (Å²) < 4.78 is 13.6. The molecular formula is C32H34ClN3O4. The number of hydrogen-bond acceptors (Lipinski definition) is 4. The van der Waals surface area contributed by atoms with E-state index in [-0.39, 0.29) is 5.97 Å². The second-order valence-corrected chi connectivity index (χ2v) is 10.3. The van der Waals surface area contributed by atoms with Crippen LogP contribution in [-0.2, 0) is 21.4 Å². The fourth-order valence-electron chi connectivity index (χ4n) is 4.51. The zero-order valence-corrected chi connectivity index (χ0v) is 24.1. The third-order valence-electron chi connectivity index (χ3n) is 6.71. The average molecular weight is 560 g/mol. The lowest BCUT2D eigenvalue weighted by Crippen LogP contribution is -2.31. The molecule has 1 aromatic heterocycles. The van der Waals surface area contributed by atoms with E-state index < -0.39 is 11.4 Å². The van der Waals surface area contributed by atoms with Crippen LogP contribution in [-0.4, -0.2) is 23.2 Å². The van der Waals surface area contributed by atoms with Gasteiger partial charge in [0.05, 0.1) is 28.4 Å². The number of carbonyl (C=O) groups is 2. The van der Waals surface area contributed by atoms with Gasteiger partial charge in [0.25, 0.3) is 0 Å². The number of aryl methyl sites for hydroxylation is 1. The first-order valence-electron chi connectivity index (χ1n) is 13.2. The van der Waals surface area contributed by atoms with Gasteiger partial charge < -0.3 is 20.1 Å². The Morgan fingerprint density at radius 2 is 1.60 bits per heavy atom. The predicted octanol–water partition coefficient (Wildman–Crippen LogP) is 8.28. The van der Waals surface area contributed by atoms with Crippen LogP contribution in [0.3, 0.4) is 0 Å². The Morgan fingerprint density at radius 3 is 2.27 bits per heavy atom. The van der Waals surface area contributed by atoms with Crippen molar-refractivity contribution in [3.05, 3.63) is 101 Å². The second kappa shape index (κ2) is 12.3. The molecule has 0 spiro atoms. The van der Waals surface area contributed by atoms with Crippen molar-refractivity contribution in [2.24, 2.45) is 0 Å². The first kappa shape index (κ1) is 28.8. The lowest BCUT2D eigenvalue weighted by atomic mass is 9.84. The van der Waals surface area contributed by atoms with E-state index in [0.29, 0.717) is 34.6 Å². The van der Waals surface area contributed by atoms with Crippen molar-refractivity contribution in [3.63, 3.8) is 0 Å². The first-order valence-corrected chi connectivity index (χ1v) is 13.6. The van der Waals surface area contributed by atoms with Crippen LogP contribution in [0.5, 0.6) is 11.6 Å². The molecule has 4 rings (SSSR count). The zero-order chi connectivity index (χ0) is 28.9. The molecule has 2 amide bonds. The van der Waals surface area contributed by atoms with Crippen LogP contribution < -0.4 is 15.4 Å². The molecule has 2 N–H and O–H groups in total. The molecule has 0 radical (unpaired) electrons. The molecule has 0 saturated carbocycles. The fraction of sp³-hybridized carbons (Fsp3) is 0.250. The Balaban J connectivity index is 1.53. The minimum Gasteiger partial charge on any atom is -0.465 e. The van der Waals surface area contributed by atoms with Crippen LogP contribution in [0.4, 0.5) is 16.2 Å². The molecule has 0 unspecified atom stereocenters. The number of hydrogen-bond donors (Lipinski definition) is 2. The number of para-hydroxylation sites is 3. The van der Waals surface area contributed by atoms with Gasteiger partial charge in [-0.1, -0.05) is 54.9 Å². The highest BCUT2D eigenvalue weighted by Gasteiger charge is 2.31. The maximum Gasteiger partial charge on any atom is 0.323 e. The van der Waals surface area contributed by atoms with E-state index in [0.717, 1.165) is 28.9 Å². The molecule has 4 aromatic rings. The van der Waals surface area contributed by atoms with E-state index in [1.807, 2.05) is 67.8 Å². The molecule has 0 aliphatic carbocycles. The SMILES string of the molecule is CCOC(=O)C(C)(C)c1ccc(NC(=O)Nc2ccccc2Oc2cc(C)c(CC)n2-c2ccccc2Cl)cc1. The van der Waals surface area contributed by atoms with Crippen LogP contribution in [0, 0.1) is 6.92 Å². The topological polar surface area (TPSA) is 81.6 Å². The highest BCUT2D eigenvalue weighted by molar-refractivity contribution is 6.32. The molecule has 0 atom stereocenters. The Morgan fingerprint density at radius 1 is 0.925 bits per heavy atom. The summed E-state index contributed by atoms with van der Waals surface area (Å²) >= 11 is 6.55. The Labute approximate surface area is 240 Å². The molecule has 1 heterocycles. The summed E-state index contributed by atoms with van der Waals surface area (Å²) in [5, 5.41) is 6.33. The van der Waals surface area contributed by atoms with Gasteiger partial charge in [-0.05, 0) is 81.6 Å².